The van der Waals surface area contributed by atoms with E-state index in [4.69, 9.17) is 11.6 Å². The van der Waals surface area contributed by atoms with Crippen LogP contribution < -0.4 is 5.32 Å². The van der Waals surface area contributed by atoms with Crippen LogP contribution in [0, 0.1) is 5.82 Å². The molecule has 1 aromatic rings. The first-order chi connectivity index (χ1) is 8.13. The van der Waals surface area contributed by atoms with Gasteiger partial charge in [-0.3, -0.25) is 0 Å². The first kappa shape index (κ1) is 14.5. The zero-order valence-corrected chi connectivity index (χ0v) is 11.4. The zero-order valence-electron chi connectivity index (χ0n) is 10.6. The summed E-state index contributed by atoms with van der Waals surface area (Å²) in [6, 6.07) is 5.60. The molecule has 0 saturated heterocycles. The van der Waals surface area contributed by atoms with Crippen molar-refractivity contribution in [2.45, 2.75) is 45.6 Å². The van der Waals surface area contributed by atoms with Crippen LogP contribution in [0.15, 0.2) is 18.2 Å². The van der Waals surface area contributed by atoms with Gasteiger partial charge in [0.1, 0.15) is 5.82 Å². The van der Waals surface area contributed by atoms with Gasteiger partial charge >= 0.3 is 0 Å². The van der Waals surface area contributed by atoms with Crippen LogP contribution in [0.1, 0.15) is 38.7 Å². The molecular formula is C14H21ClFN. The van der Waals surface area contributed by atoms with Crippen LogP contribution in [-0.2, 0) is 6.42 Å². The molecular weight excluding hydrogens is 237 g/mol. The van der Waals surface area contributed by atoms with Gasteiger partial charge in [0.2, 0.25) is 0 Å². The topological polar surface area (TPSA) is 12.0 Å². The van der Waals surface area contributed by atoms with Crippen molar-refractivity contribution in [2.75, 3.05) is 6.54 Å². The molecule has 1 nitrogen and oxygen atoms in total. The van der Waals surface area contributed by atoms with Crippen LogP contribution in [0.2, 0.25) is 5.02 Å². The molecule has 0 saturated carbocycles. The minimum atomic E-state index is -0.318. The van der Waals surface area contributed by atoms with Crippen LogP contribution in [0.5, 0.6) is 0 Å². The summed E-state index contributed by atoms with van der Waals surface area (Å²) in [7, 11) is 0. The number of nitrogens with one attached hydrogen (secondary N) is 1. The van der Waals surface area contributed by atoms with Gasteiger partial charge in [0.05, 0.1) is 5.02 Å². The molecule has 1 rings (SSSR count). The summed E-state index contributed by atoms with van der Waals surface area (Å²) < 4.78 is 13.2. The Morgan fingerprint density at radius 1 is 1.41 bits per heavy atom. The van der Waals surface area contributed by atoms with Crippen molar-refractivity contribution < 1.29 is 4.39 Å². The molecule has 1 unspecified atom stereocenters. The number of hydrogen-bond acceptors (Lipinski definition) is 1. The second kappa shape index (κ2) is 7.67. The van der Waals surface area contributed by atoms with Crippen molar-refractivity contribution >= 4 is 11.6 Å². The van der Waals surface area contributed by atoms with E-state index >= 15 is 0 Å². The molecule has 0 amide bonds. The van der Waals surface area contributed by atoms with Crippen LogP contribution in [0.4, 0.5) is 4.39 Å². The number of benzene rings is 1. The van der Waals surface area contributed by atoms with Crippen molar-refractivity contribution in [1.29, 1.82) is 0 Å². The van der Waals surface area contributed by atoms with Crippen molar-refractivity contribution in [3.63, 3.8) is 0 Å². The number of aryl methyl sites for hydroxylation is 1. The maximum absolute atomic E-state index is 13.2. The molecule has 0 spiro atoms. The predicted molar refractivity (Wildman–Crippen MR) is 72.1 cm³/mol. The van der Waals surface area contributed by atoms with Gasteiger partial charge in [0, 0.05) is 6.04 Å². The molecule has 1 N–H and O–H groups in total. The van der Waals surface area contributed by atoms with Crippen LogP contribution in [0.25, 0.3) is 0 Å². The van der Waals surface area contributed by atoms with Crippen molar-refractivity contribution in [3.8, 4) is 0 Å². The lowest BCUT2D eigenvalue weighted by Crippen LogP contribution is -2.26. The zero-order chi connectivity index (χ0) is 12.7. The number of halogens is 2. The summed E-state index contributed by atoms with van der Waals surface area (Å²) in [5.74, 6) is -0.318. The van der Waals surface area contributed by atoms with Gasteiger partial charge in [-0.15, -0.1) is 0 Å². The highest BCUT2D eigenvalue weighted by Gasteiger charge is 2.03. The molecule has 0 heterocycles. The van der Waals surface area contributed by atoms with Crippen LogP contribution in [-0.4, -0.2) is 12.6 Å². The van der Waals surface area contributed by atoms with Gasteiger partial charge in [0.25, 0.3) is 0 Å². The van der Waals surface area contributed by atoms with E-state index in [0.29, 0.717) is 6.04 Å². The second-order valence-electron chi connectivity index (χ2n) is 4.50. The van der Waals surface area contributed by atoms with Gasteiger partial charge in [-0.2, -0.15) is 0 Å². The Bertz CT molecular complexity index is 341. The molecule has 17 heavy (non-hydrogen) atoms. The Morgan fingerprint density at radius 2 is 2.18 bits per heavy atom. The average molecular weight is 258 g/mol. The fraction of sp³-hybridized carbons (Fsp3) is 0.571. The maximum atomic E-state index is 13.2. The first-order valence-electron chi connectivity index (χ1n) is 6.30. The minimum absolute atomic E-state index is 0.201. The Balaban J connectivity index is 2.28. The van der Waals surface area contributed by atoms with Crippen LogP contribution in [0.3, 0.4) is 0 Å². The SMILES string of the molecule is CCCNC(C)CCCc1ccc(Cl)c(F)c1. The van der Waals surface area contributed by atoms with Crippen molar-refractivity contribution in [1.82, 2.24) is 5.32 Å². The largest absolute Gasteiger partial charge is 0.314 e. The lowest BCUT2D eigenvalue weighted by Gasteiger charge is -2.12. The Labute approximate surface area is 108 Å². The molecule has 1 aromatic carbocycles. The van der Waals surface area contributed by atoms with E-state index in [2.05, 4.69) is 19.2 Å². The fourth-order valence-electron chi connectivity index (χ4n) is 1.80. The fourth-order valence-corrected chi connectivity index (χ4v) is 1.92. The van der Waals surface area contributed by atoms with Crippen molar-refractivity contribution in [2.24, 2.45) is 0 Å². The molecule has 0 aromatic heterocycles. The summed E-state index contributed by atoms with van der Waals surface area (Å²) >= 11 is 5.64. The minimum Gasteiger partial charge on any atom is -0.314 e. The van der Waals surface area contributed by atoms with E-state index in [1.54, 1.807) is 6.07 Å². The summed E-state index contributed by atoms with van der Waals surface area (Å²) in [6.45, 7) is 5.42. The predicted octanol–water partition coefficient (Wildman–Crippen LogP) is 4.19. The monoisotopic (exact) mass is 257 g/mol. The third kappa shape index (κ3) is 5.51. The third-order valence-corrected chi connectivity index (χ3v) is 3.14. The van der Waals surface area contributed by atoms with E-state index in [1.807, 2.05) is 6.07 Å². The molecule has 0 fully saturated rings. The second-order valence-corrected chi connectivity index (χ2v) is 4.90. The van der Waals surface area contributed by atoms with E-state index in [1.165, 1.54) is 6.07 Å². The Hall–Kier alpha value is -0.600. The van der Waals surface area contributed by atoms with E-state index < -0.39 is 0 Å². The van der Waals surface area contributed by atoms with Crippen molar-refractivity contribution in [3.05, 3.63) is 34.6 Å². The summed E-state index contributed by atoms with van der Waals surface area (Å²) in [5, 5.41) is 3.64. The van der Waals surface area contributed by atoms with E-state index in [0.717, 1.165) is 37.8 Å². The highest BCUT2D eigenvalue weighted by molar-refractivity contribution is 6.30. The quantitative estimate of drug-likeness (QED) is 0.772. The third-order valence-electron chi connectivity index (χ3n) is 2.83. The van der Waals surface area contributed by atoms with Gasteiger partial charge < -0.3 is 5.32 Å². The maximum Gasteiger partial charge on any atom is 0.142 e. The highest BCUT2D eigenvalue weighted by atomic mass is 35.5. The molecule has 96 valence electrons. The molecule has 0 aliphatic carbocycles. The molecule has 0 radical (unpaired) electrons. The van der Waals surface area contributed by atoms with E-state index in [-0.39, 0.29) is 10.8 Å². The van der Waals surface area contributed by atoms with E-state index in [9.17, 15) is 4.39 Å². The normalized spacial score (nSPS) is 12.7. The Morgan fingerprint density at radius 3 is 2.82 bits per heavy atom. The average Bonchev–Trinajstić information content (AvgIpc) is 2.31. The van der Waals surface area contributed by atoms with Gasteiger partial charge in [-0.1, -0.05) is 24.6 Å². The summed E-state index contributed by atoms with van der Waals surface area (Å²) in [4.78, 5) is 0. The molecule has 3 heteroatoms. The summed E-state index contributed by atoms with van der Waals surface area (Å²) in [5.41, 5.74) is 1.02. The van der Waals surface area contributed by atoms with Gasteiger partial charge in [0.15, 0.2) is 0 Å². The molecule has 1 atom stereocenters. The Kier molecular flexibility index (Phi) is 6.53. The first-order valence-corrected chi connectivity index (χ1v) is 6.68. The smallest absolute Gasteiger partial charge is 0.142 e. The lowest BCUT2D eigenvalue weighted by atomic mass is 10.1. The molecule has 0 aliphatic rings. The van der Waals surface area contributed by atoms with Gasteiger partial charge in [-0.05, 0) is 56.8 Å². The molecule has 0 bridgehead atoms. The summed E-state index contributed by atoms with van der Waals surface area (Å²) in [6.07, 6.45) is 4.25. The highest BCUT2D eigenvalue weighted by Crippen LogP contribution is 2.17. The molecule has 0 aliphatic heterocycles. The lowest BCUT2D eigenvalue weighted by molar-refractivity contribution is 0.498. The standard InChI is InChI=1S/C14H21ClFN/c1-3-9-17-11(2)5-4-6-12-7-8-13(15)14(16)10-12/h7-8,10-11,17H,3-6,9H2,1-2H3. The van der Waals surface area contributed by atoms with Gasteiger partial charge in [-0.25, -0.2) is 4.39 Å². The number of rotatable bonds is 7. The van der Waals surface area contributed by atoms with Crippen LogP contribution >= 0.6 is 11.6 Å². The number of hydrogen-bond donors (Lipinski definition) is 1.